The van der Waals surface area contributed by atoms with Gasteiger partial charge in [0, 0.05) is 24.8 Å². The Balaban J connectivity index is 1.89. The van der Waals surface area contributed by atoms with E-state index in [4.69, 9.17) is 19.4 Å². The van der Waals surface area contributed by atoms with Gasteiger partial charge < -0.3 is 24.7 Å². The lowest BCUT2D eigenvalue weighted by Gasteiger charge is -2.13. The number of carbonyl (C=O) groups excluding carboxylic acids is 1. The van der Waals surface area contributed by atoms with Crippen molar-refractivity contribution in [3.05, 3.63) is 23.8 Å². The van der Waals surface area contributed by atoms with Gasteiger partial charge in [0.05, 0.1) is 6.61 Å². The van der Waals surface area contributed by atoms with Crippen molar-refractivity contribution in [1.82, 2.24) is 5.32 Å². The van der Waals surface area contributed by atoms with Gasteiger partial charge in [-0.15, -0.1) is 0 Å². The van der Waals surface area contributed by atoms with Gasteiger partial charge in [-0.1, -0.05) is 5.16 Å². The molecule has 7 heteroatoms. The van der Waals surface area contributed by atoms with Crippen LogP contribution in [0.15, 0.2) is 23.4 Å². The van der Waals surface area contributed by atoms with E-state index in [0.29, 0.717) is 23.8 Å². The highest BCUT2D eigenvalue weighted by Crippen LogP contribution is 2.29. The maximum Gasteiger partial charge on any atom is 0.258 e. The van der Waals surface area contributed by atoms with Gasteiger partial charge in [-0.25, -0.2) is 0 Å². The topological polar surface area (TPSA) is 89.4 Å². The van der Waals surface area contributed by atoms with Crippen LogP contribution in [0.25, 0.3) is 0 Å². The van der Waals surface area contributed by atoms with Crippen LogP contribution in [0.1, 0.15) is 12.5 Å². The molecule has 2 N–H and O–H groups in total. The van der Waals surface area contributed by atoms with Crippen molar-refractivity contribution in [2.75, 3.05) is 26.9 Å². The third-order valence-electron chi connectivity index (χ3n) is 2.94. The first-order valence-corrected chi connectivity index (χ1v) is 6.53. The summed E-state index contributed by atoms with van der Waals surface area (Å²) >= 11 is 0. The minimum Gasteiger partial charge on any atom is -0.486 e. The Morgan fingerprint density at radius 1 is 1.57 bits per heavy atom. The van der Waals surface area contributed by atoms with Gasteiger partial charge in [-0.05, 0) is 19.1 Å². The number of amides is 1. The number of rotatable bonds is 6. The molecule has 0 radical (unpaired) electrons. The van der Waals surface area contributed by atoms with E-state index >= 15 is 0 Å². The number of hydrogen-bond acceptors (Lipinski definition) is 6. The first-order chi connectivity index (χ1) is 10.1. The van der Waals surface area contributed by atoms with E-state index in [9.17, 15) is 4.79 Å². The lowest BCUT2D eigenvalue weighted by molar-refractivity contribution is -0.124. The van der Waals surface area contributed by atoms with Gasteiger partial charge in [0.25, 0.3) is 5.91 Å². The van der Waals surface area contributed by atoms with Gasteiger partial charge in [-0.3, -0.25) is 4.79 Å². The summed E-state index contributed by atoms with van der Waals surface area (Å²) in [5, 5.41) is 14.7. The molecule has 1 aromatic carbocycles. The maximum absolute atomic E-state index is 11.7. The highest BCUT2D eigenvalue weighted by Gasteiger charge is 2.20. The first kappa shape index (κ1) is 15.1. The summed E-state index contributed by atoms with van der Waals surface area (Å²) in [5.74, 6) is 0.870. The Morgan fingerprint density at radius 2 is 2.38 bits per heavy atom. The van der Waals surface area contributed by atoms with Gasteiger partial charge in [0.1, 0.15) is 23.8 Å². The molecule has 1 amide bonds. The monoisotopic (exact) mass is 294 g/mol. The summed E-state index contributed by atoms with van der Waals surface area (Å²) in [5.41, 5.74) is 1.20. The van der Waals surface area contributed by atoms with E-state index in [1.165, 1.54) is 0 Å². The number of hydrogen-bond donors (Lipinski definition) is 2. The first-order valence-electron chi connectivity index (χ1n) is 6.53. The molecule has 0 saturated heterocycles. The fourth-order valence-electron chi connectivity index (χ4n) is 2.01. The van der Waals surface area contributed by atoms with E-state index in [1.54, 1.807) is 25.3 Å². The van der Waals surface area contributed by atoms with Gasteiger partial charge in [-0.2, -0.15) is 0 Å². The Kier molecular flexibility index (Phi) is 4.99. The molecule has 0 saturated carbocycles. The number of ether oxygens (including phenoxy) is 3. The average Bonchev–Trinajstić information content (AvgIpc) is 2.87. The Labute approximate surface area is 122 Å². The minimum absolute atomic E-state index is 0.0715. The summed E-state index contributed by atoms with van der Waals surface area (Å²) < 4.78 is 15.7. The second kappa shape index (κ2) is 6.94. The van der Waals surface area contributed by atoms with E-state index in [0.717, 1.165) is 5.56 Å². The average molecular weight is 294 g/mol. The van der Waals surface area contributed by atoms with Gasteiger partial charge in [0.15, 0.2) is 6.61 Å². The fourth-order valence-corrected chi connectivity index (χ4v) is 2.01. The zero-order chi connectivity index (χ0) is 15.2. The number of fused-ring (bicyclic) bond motifs is 1. The van der Waals surface area contributed by atoms with Crippen LogP contribution >= 0.6 is 0 Å². The van der Waals surface area contributed by atoms with Crippen LogP contribution in [0, 0.1) is 0 Å². The Hall–Kier alpha value is -2.28. The predicted molar refractivity (Wildman–Crippen MR) is 75.2 cm³/mol. The molecule has 1 aromatic rings. The Bertz CT molecular complexity index is 544. The molecule has 1 aliphatic heterocycles. The number of methoxy groups -OCH3 is 1. The predicted octanol–water partition coefficient (Wildman–Crippen LogP) is 0.787. The summed E-state index contributed by atoms with van der Waals surface area (Å²) in [6.45, 7) is 2.43. The number of nitrogens with one attached hydrogen (secondary N) is 1. The van der Waals surface area contributed by atoms with Crippen LogP contribution in [0.4, 0.5) is 0 Å². The van der Waals surface area contributed by atoms with Crippen LogP contribution in [-0.4, -0.2) is 49.8 Å². The minimum atomic E-state index is -0.224. The highest BCUT2D eigenvalue weighted by molar-refractivity contribution is 6.06. The zero-order valence-electron chi connectivity index (χ0n) is 12.0. The molecule has 1 unspecified atom stereocenters. The second-order valence-corrected chi connectivity index (χ2v) is 4.71. The molecular weight excluding hydrogens is 276 g/mol. The van der Waals surface area contributed by atoms with Crippen LogP contribution in [0.5, 0.6) is 11.5 Å². The Morgan fingerprint density at radius 3 is 3.10 bits per heavy atom. The van der Waals surface area contributed by atoms with Crippen molar-refractivity contribution in [1.29, 1.82) is 0 Å². The molecule has 1 heterocycles. The highest BCUT2D eigenvalue weighted by atomic mass is 16.5. The molecule has 1 atom stereocenters. The molecule has 0 fully saturated rings. The molecule has 2 rings (SSSR count). The normalized spacial score (nSPS) is 16.2. The van der Waals surface area contributed by atoms with E-state index in [-0.39, 0.29) is 25.2 Å². The summed E-state index contributed by atoms with van der Waals surface area (Å²) in [6, 6.07) is 5.03. The fraction of sp³-hybridized carbons (Fsp3) is 0.429. The van der Waals surface area contributed by atoms with Gasteiger partial charge in [0.2, 0.25) is 0 Å². The van der Waals surface area contributed by atoms with Crippen molar-refractivity contribution in [3.8, 4) is 11.5 Å². The smallest absolute Gasteiger partial charge is 0.258 e. The molecule has 0 aromatic heterocycles. The van der Waals surface area contributed by atoms with Crippen molar-refractivity contribution in [2.24, 2.45) is 5.16 Å². The standard InChI is InChI=1S/C14H18N2O5/c1-9(6-19-2)15-14(17)8-20-10-3-4-11-12(16-18)7-21-13(11)5-10/h3-5,9,18H,6-8H2,1-2H3,(H,15,17). The largest absolute Gasteiger partial charge is 0.486 e. The number of carbonyl (C=O) groups is 1. The van der Waals surface area contributed by atoms with Crippen LogP contribution in [-0.2, 0) is 9.53 Å². The van der Waals surface area contributed by atoms with Crippen molar-refractivity contribution in [3.63, 3.8) is 0 Å². The van der Waals surface area contributed by atoms with Crippen molar-refractivity contribution in [2.45, 2.75) is 13.0 Å². The lowest BCUT2D eigenvalue weighted by Crippen LogP contribution is -2.38. The number of nitrogens with zero attached hydrogens (tertiary/aromatic N) is 1. The molecular formula is C14H18N2O5. The lowest BCUT2D eigenvalue weighted by atomic mass is 10.1. The van der Waals surface area contributed by atoms with E-state index in [1.807, 2.05) is 6.92 Å². The molecule has 114 valence electrons. The summed E-state index contributed by atoms with van der Waals surface area (Å²) in [7, 11) is 1.58. The van der Waals surface area contributed by atoms with Gasteiger partial charge >= 0.3 is 0 Å². The van der Waals surface area contributed by atoms with Crippen molar-refractivity contribution >= 4 is 11.6 Å². The SMILES string of the molecule is COCC(C)NC(=O)COc1ccc2c(c1)OCC2=NO. The molecule has 0 aliphatic carbocycles. The third-order valence-corrected chi connectivity index (χ3v) is 2.94. The van der Waals surface area contributed by atoms with Crippen LogP contribution < -0.4 is 14.8 Å². The molecule has 1 aliphatic rings. The third kappa shape index (κ3) is 3.85. The summed E-state index contributed by atoms with van der Waals surface area (Å²) in [4.78, 5) is 11.7. The van der Waals surface area contributed by atoms with Crippen LogP contribution in [0.2, 0.25) is 0 Å². The maximum atomic E-state index is 11.7. The van der Waals surface area contributed by atoms with E-state index < -0.39 is 0 Å². The summed E-state index contributed by atoms with van der Waals surface area (Å²) in [6.07, 6.45) is 0. The molecule has 21 heavy (non-hydrogen) atoms. The zero-order valence-corrected chi connectivity index (χ0v) is 12.0. The number of benzene rings is 1. The van der Waals surface area contributed by atoms with Crippen molar-refractivity contribution < 1.29 is 24.2 Å². The van der Waals surface area contributed by atoms with E-state index in [2.05, 4.69) is 10.5 Å². The molecule has 7 nitrogen and oxygen atoms in total. The number of oxime groups is 1. The van der Waals surface area contributed by atoms with Crippen LogP contribution in [0.3, 0.4) is 0 Å². The quantitative estimate of drug-likeness (QED) is 0.598. The molecule has 0 bridgehead atoms. The second-order valence-electron chi connectivity index (χ2n) is 4.71. The molecule has 0 spiro atoms.